The summed E-state index contributed by atoms with van der Waals surface area (Å²) in [4.78, 5) is 13.3. The lowest BCUT2D eigenvalue weighted by molar-refractivity contribution is -0.605. The molecule has 0 radical (unpaired) electrons. The number of carboxylic acids is 1. The zero-order valence-electron chi connectivity index (χ0n) is 21.6. The number of benzene rings is 3. The van der Waals surface area contributed by atoms with E-state index in [9.17, 15) is 15.1 Å². The number of carbonyl (C=O) groups is 1. The van der Waals surface area contributed by atoms with Crippen LogP contribution in [0.15, 0.2) is 85.2 Å². The Bertz CT molecular complexity index is 1340. The number of fused-ring (bicyclic) bond motifs is 1. The summed E-state index contributed by atoms with van der Waals surface area (Å²) >= 11 is 0. The lowest BCUT2D eigenvalue weighted by atomic mass is 10.0. The van der Waals surface area contributed by atoms with Gasteiger partial charge < -0.3 is 25.1 Å². The maximum absolute atomic E-state index is 11.1. The van der Waals surface area contributed by atoms with Crippen molar-refractivity contribution in [3.05, 3.63) is 96.0 Å². The van der Waals surface area contributed by atoms with Gasteiger partial charge in [0, 0.05) is 25.2 Å². The average Bonchev–Trinajstić information content (AvgIpc) is 2.92. The first-order chi connectivity index (χ1) is 18.4. The molecule has 1 aliphatic heterocycles. The zero-order valence-corrected chi connectivity index (χ0v) is 21.6. The van der Waals surface area contributed by atoms with Gasteiger partial charge in [-0.2, -0.15) is 4.73 Å². The molecule has 5 rings (SSSR count). The Morgan fingerprint density at radius 3 is 2.34 bits per heavy atom. The highest BCUT2D eigenvalue weighted by Crippen LogP contribution is 2.25. The van der Waals surface area contributed by atoms with Crippen LogP contribution in [0.3, 0.4) is 0 Å². The van der Waals surface area contributed by atoms with Gasteiger partial charge in [-0.05, 0) is 77.9 Å². The molecule has 0 saturated carbocycles. The van der Waals surface area contributed by atoms with Crippen molar-refractivity contribution in [3.63, 3.8) is 0 Å². The Balaban J connectivity index is 0.000000204. The van der Waals surface area contributed by atoms with Gasteiger partial charge in [0.05, 0.1) is 6.61 Å². The first kappa shape index (κ1) is 26.9. The van der Waals surface area contributed by atoms with Crippen molar-refractivity contribution in [1.82, 2.24) is 4.90 Å². The number of hydrogen-bond donors (Lipinski definition) is 2. The van der Waals surface area contributed by atoms with E-state index < -0.39 is 5.97 Å². The van der Waals surface area contributed by atoms with Crippen LogP contribution in [0.25, 0.3) is 21.9 Å². The van der Waals surface area contributed by atoms with E-state index in [-0.39, 0.29) is 11.3 Å². The maximum Gasteiger partial charge on any atom is 0.339 e. The van der Waals surface area contributed by atoms with Crippen LogP contribution in [0.1, 0.15) is 36.5 Å². The second-order valence-electron chi connectivity index (χ2n) is 9.74. The molecule has 7 heteroatoms. The molecule has 7 nitrogen and oxygen atoms in total. The lowest BCUT2D eigenvalue weighted by Gasteiger charge is -2.30. The molecule has 1 saturated heterocycles. The van der Waals surface area contributed by atoms with Crippen molar-refractivity contribution < 1.29 is 24.5 Å². The van der Waals surface area contributed by atoms with E-state index in [2.05, 4.69) is 11.8 Å². The molecule has 2 N–H and O–H groups in total. The predicted molar refractivity (Wildman–Crippen MR) is 148 cm³/mol. The minimum Gasteiger partial charge on any atom is -0.619 e. The molecule has 1 fully saturated rings. The molecule has 2 heterocycles. The van der Waals surface area contributed by atoms with E-state index in [1.807, 2.05) is 54.6 Å². The third-order valence-corrected chi connectivity index (χ3v) is 6.71. The Morgan fingerprint density at radius 2 is 1.68 bits per heavy atom. The molecular weight excluding hydrogens is 480 g/mol. The molecule has 1 aromatic heterocycles. The highest BCUT2D eigenvalue weighted by atomic mass is 16.5. The standard InChI is InChI=1S/C20H26N2O2.C11H8O3/c1-17-4-2-11-21(16-17)12-3-15-24-20-7-5-18(6-8-20)19-9-13-22(23)14-10-19;12-10-6-8-4-2-1-3-7(8)5-9(10)11(13)14/h5-10,13-14,17H,2-4,11-12,15-16H2,1H3;1-6,12H,(H,13,14)/t17-;/m0./s1. The van der Waals surface area contributed by atoms with Gasteiger partial charge in [-0.15, -0.1) is 0 Å². The van der Waals surface area contributed by atoms with Crippen LogP contribution in [0.4, 0.5) is 0 Å². The number of rotatable bonds is 7. The van der Waals surface area contributed by atoms with Gasteiger partial charge in [0.15, 0.2) is 12.4 Å². The van der Waals surface area contributed by atoms with E-state index in [1.165, 1.54) is 50.5 Å². The molecule has 0 amide bonds. The quantitative estimate of drug-likeness (QED) is 0.186. The number of aromatic hydroxyl groups is 1. The second-order valence-corrected chi connectivity index (χ2v) is 9.74. The summed E-state index contributed by atoms with van der Waals surface area (Å²) in [6, 6.07) is 21.9. The molecule has 38 heavy (non-hydrogen) atoms. The van der Waals surface area contributed by atoms with E-state index >= 15 is 0 Å². The molecular formula is C31H34N2O5. The number of nitrogens with zero attached hydrogens (tertiary/aromatic N) is 2. The average molecular weight is 515 g/mol. The molecule has 1 atom stereocenters. The van der Waals surface area contributed by atoms with Gasteiger partial charge in [0.2, 0.25) is 0 Å². The van der Waals surface area contributed by atoms with Crippen molar-refractivity contribution in [3.8, 4) is 22.6 Å². The van der Waals surface area contributed by atoms with Crippen molar-refractivity contribution in [2.45, 2.75) is 26.2 Å². The van der Waals surface area contributed by atoms with Crippen LogP contribution < -0.4 is 9.47 Å². The number of pyridine rings is 1. The Hall–Kier alpha value is -4.10. The summed E-state index contributed by atoms with van der Waals surface area (Å²) < 4.78 is 6.65. The molecule has 0 aliphatic carbocycles. The van der Waals surface area contributed by atoms with Crippen molar-refractivity contribution in [2.24, 2.45) is 5.92 Å². The normalized spacial score (nSPS) is 15.4. The molecule has 3 aromatic carbocycles. The fourth-order valence-corrected chi connectivity index (χ4v) is 4.72. The first-order valence-corrected chi connectivity index (χ1v) is 13.0. The monoisotopic (exact) mass is 514 g/mol. The highest BCUT2D eigenvalue weighted by molar-refractivity contribution is 5.97. The third-order valence-electron chi connectivity index (χ3n) is 6.71. The van der Waals surface area contributed by atoms with Crippen molar-refractivity contribution >= 4 is 16.7 Å². The van der Waals surface area contributed by atoms with Crippen LogP contribution in [-0.2, 0) is 0 Å². The molecule has 0 spiro atoms. The summed E-state index contributed by atoms with van der Waals surface area (Å²) in [6.45, 7) is 6.69. The fourth-order valence-electron chi connectivity index (χ4n) is 4.72. The molecule has 0 unspecified atom stereocenters. The summed E-state index contributed by atoms with van der Waals surface area (Å²) in [5.41, 5.74) is 2.06. The number of carboxylic acid groups (broad SMARTS) is 1. The molecule has 0 bridgehead atoms. The Kier molecular flexibility index (Phi) is 9.16. The molecule has 4 aromatic rings. The number of phenols is 1. The number of piperidine rings is 1. The minimum absolute atomic E-state index is 0.0660. The van der Waals surface area contributed by atoms with Gasteiger partial charge in [0.1, 0.15) is 17.1 Å². The van der Waals surface area contributed by atoms with Gasteiger partial charge in [-0.25, -0.2) is 4.79 Å². The fraction of sp³-hybridized carbons (Fsp3) is 0.290. The van der Waals surface area contributed by atoms with Gasteiger partial charge in [-0.3, -0.25) is 0 Å². The van der Waals surface area contributed by atoms with Crippen LogP contribution in [0, 0.1) is 11.1 Å². The smallest absolute Gasteiger partial charge is 0.339 e. The van der Waals surface area contributed by atoms with E-state index in [1.54, 1.807) is 6.07 Å². The number of likely N-dealkylation sites (tertiary alicyclic amines) is 1. The predicted octanol–water partition coefficient (Wildman–Crippen LogP) is 5.73. The third kappa shape index (κ3) is 7.46. The summed E-state index contributed by atoms with van der Waals surface area (Å²) in [5.74, 6) is 0.423. The van der Waals surface area contributed by atoms with Crippen molar-refractivity contribution in [1.29, 1.82) is 0 Å². The van der Waals surface area contributed by atoms with Crippen LogP contribution in [0.5, 0.6) is 11.5 Å². The molecule has 198 valence electrons. The van der Waals surface area contributed by atoms with Gasteiger partial charge in [0.25, 0.3) is 0 Å². The van der Waals surface area contributed by atoms with Crippen LogP contribution in [-0.4, -0.2) is 47.3 Å². The summed E-state index contributed by atoms with van der Waals surface area (Å²) in [6.07, 6.45) is 6.80. The van der Waals surface area contributed by atoms with E-state index in [4.69, 9.17) is 9.84 Å². The zero-order chi connectivity index (χ0) is 26.9. The SMILES string of the molecule is C[C@H]1CCCN(CCCOc2ccc(-c3cc[n+]([O-])cc3)cc2)C1.O=C(O)c1cc2ccccc2cc1O. The highest BCUT2D eigenvalue weighted by Gasteiger charge is 2.15. The number of aromatic carboxylic acids is 1. The number of aromatic nitrogens is 1. The van der Waals surface area contributed by atoms with Gasteiger partial charge in [-0.1, -0.05) is 43.3 Å². The Labute approximate surface area is 223 Å². The summed E-state index contributed by atoms with van der Waals surface area (Å²) in [5, 5.41) is 30.9. The number of ether oxygens (including phenoxy) is 1. The van der Waals surface area contributed by atoms with E-state index in [0.717, 1.165) is 57.9 Å². The summed E-state index contributed by atoms with van der Waals surface area (Å²) in [7, 11) is 0. The first-order valence-electron chi connectivity index (χ1n) is 13.0. The van der Waals surface area contributed by atoms with Crippen LogP contribution in [0.2, 0.25) is 0 Å². The minimum atomic E-state index is -1.12. The number of hydrogen-bond acceptors (Lipinski definition) is 5. The van der Waals surface area contributed by atoms with Crippen LogP contribution >= 0.6 is 0 Å². The second kappa shape index (κ2) is 12.9. The Morgan fingerprint density at radius 1 is 1.03 bits per heavy atom. The molecule has 1 aliphatic rings. The largest absolute Gasteiger partial charge is 0.619 e. The van der Waals surface area contributed by atoms with Crippen molar-refractivity contribution in [2.75, 3.05) is 26.2 Å². The topological polar surface area (TPSA) is 96.9 Å². The lowest BCUT2D eigenvalue weighted by Crippen LogP contribution is -2.35. The maximum atomic E-state index is 11.1. The van der Waals surface area contributed by atoms with E-state index in [0.29, 0.717) is 0 Å². The van der Waals surface area contributed by atoms with Gasteiger partial charge >= 0.3 is 5.97 Å².